The van der Waals surface area contributed by atoms with Crippen molar-refractivity contribution in [2.75, 3.05) is 12.4 Å². The lowest BCUT2D eigenvalue weighted by atomic mass is 9.93. The quantitative estimate of drug-likeness (QED) is 0.392. The van der Waals surface area contributed by atoms with Crippen molar-refractivity contribution >= 4 is 38.1 Å². The number of rotatable bonds is 5. The Morgan fingerprint density at radius 1 is 1.12 bits per heavy atom. The number of pyridine rings is 1. The highest BCUT2D eigenvalue weighted by Gasteiger charge is 2.26. The molecular weight excluding hydrogens is 444 g/mol. The predicted molar refractivity (Wildman–Crippen MR) is 137 cm³/mol. The Kier molecular flexibility index (Phi) is 5.26. The van der Waals surface area contributed by atoms with Gasteiger partial charge in [-0.1, -0.05) is 36.4 Å². The van der Waals surface area contributed by atoms with Crippen LogP contribution in [0.2, 0.25) is 0 Å². The van der Waals surface area contributed by atoms with Crippen LogP contribution in [0, 0.1) is 0 Å². The molecule has 3 aromatic heterocycles. The number of fused-ring (bicyclic) bond motifs is 4. The third kappa shape index (κ3) is 3.62. The zero-order valence-corrected chi connectivity index (χ0v) is 19.6. The minimum atomic E-state index is 0.0339. The van der Waals surface area contributed by atoms with Crippen LogP contribution in [0.5, 0.6) is 5.75 Å². The number of aryl methyl sites for hydroxylation is 1. The first-order chi connectivity index (χ1) is 16.7. The van der Waals surface area contributed by atoms with Gasteiger partial charge >= 0.3 is 0 Å². The molecule has 170 valence electrons. The Balaban J connectivity index is 1.31. The van der Waals surface area contributed by atoms with Gasteiger partial charge in [0.05, 0.1) is 36.6 Å². The molecule has 3 heterocycles. The highest BCUT2D eigenvalue weighted by Crippen LogP contribution is 2.35. The van der Waals surface area contributed by atoms with E-state index in [1.807, 2.05) is 54.6 Å². The van der Waals surface area contributed by atoms with Crippen LogP contribution in [0.3, 0.4) is 0 Å². The maximum absolute atomic E-state index is 13.5. The van der Waals surface area contributed by atoms with Crippen molar-refractivity contribution in [1.82, 2.24) is 14.5 Å². The largest absolute Gasteiger partial charge is 0.495 e. The molecule has 2 aromatic carbocycles. The van der Waals surface area contributed by atoms with E-state index in [1.54, 1.807) is 35.5 Å². The first kappa shape index (κ1) is 20.9. The van der Waals surface area contributed by atoms with Crippen LogP contribution >= 0.6 is 11.3 Å². The summed E-state index contributed by atoms with van der Waals surface area (Å²) in [5.74, 6) is 0.845. The highest BCUT2D eigenvalue weighted by molar-refractivity contribution is 7.18. The van der Waals surface area contributed by atoms with Gasteiger partial charge < -0.3 is 10.1 Å². The van der Waals surface area contributed by atoms with Gasteiger partial charge in [-0.15, -0.1) is 11.3 Å². The molecule has 6 nitrogen and oxygen atoms in total. The Hall–Kier alpha value is -3.71. The molecule has 0 bridgehead atoms. The molecule has 0 radical (unpaired) electrons. The summed E-state index contributed by atoms with van der Waals surface area (Å²) in [6.45, 7) is 0.457. The Morgan fingerprint density at radius 2 is 2.00 bits per heavy atom. The Bertz CT molecular complexity index is 1570. The minimum absolute atomic E-state index is 0.0339. The van der Waals surface area contributed by atoms with Crippen LogP contribution in [0.25, 0.3) is 21.1 Å². The summed E-state index contributed by atoms with van der Waals surface area (Å²) in [7, 11) is 1.69. The summed E-state index contributed by atoms with van der Waals surface area (Å²) in [5, 5.41) is 5.49. The smallest absolute Gasteiger partial charge is 0.262 e. The zero-order chi connectivity index (χ0) is 23.1. The monoisotopic (exact) mass is 468 g/mol. The third-order valence-electron chi connectivity index (χ3n) is 6.56. The van der Waals surface area contributed by atoms with Crippen molar-refractivity contribution in [3.63, 3.8) is 0 Å². The normalized spacial score (nSPS) is 15.4. The fraction of sp³-hybridized carbons (Fsp3) is 0.222. The van der Waals surface area contributed by atoms with Gasteiger partial charge in [0.15, 0.2) is 0 Å². The van der Waals surface area contributed by atoms with Crippen LogP contribution in [0.4, 0.5) is 5.69 Å². The van der Waals surface area contributed by atoms with E-state index in [1.165, 1.54) is 10.4 Å². The van der Waals surface area contributed by atoms with Crippen molar-refractivity contribution in [3.05, 3.63) is 93.5 Å². The second-order valence-electron chi connectivity index (χ2n) is 8.64. The van der Waals surface area contributed by atoms with Crippen LogP contribution in [0.15, 0.2) is 71.9 Å². The Morgan fingerprint density at radius 3 is 2.91 bits per heavy atom. The van der Waals surface area contributed by atoms with E-state index in [-0.39, 0.29) is 5.56 Å². The summed E-state index contributed by atoms with van der Waals surface area (Å²) >= 11 is 1.65. The van der Waals surface area contributed by atoms with E-state index in [4.69, 9.17) is 4.74 Å². The molecule has 34 heavy (non-hydrogen) atoms. The number of hydrogen-bond acceptors (Lipinski definition) is 6. The molecule has 0 amide bonds. The molecule has 1 atom stereocenters. The van der Waals surface area contributed by atoms with Crippen LogP contribution in [-0.4, -0.2) is 27.7 Å². The summed E-state index contributed by atoms with van der Waals surface area (Å²) in [6, 6.07) is 18.3. The lowest BCUT2D eigenvalue weighted by Gasteiger charge is -2.25. The molecule has 0 saturated heterocycles. The number of hydrogen-bond donors (Lipinski definition) is 1. The SMILES string of the molecule is COc1ccccc1NC1CCc2c(sc3ncn(Cc4cccc5cccnc45)c(=O)c23)C1. The summed E-state index contributed by atoms with van der Waals surface area (Å²) in [6.07, 6.45) is 6.16. The second kappa shape index (κ2) is 8.57. The third-order valence-corrected chi connectivity index (χ3v) is 7.72. The van der Waals surface area contributed by atoms with E-state index >= 15 is 0 Å². The van der Waals surface area contributed by atoms with Crippen LogP contribution < -0.4 is 15.6 Å². The van der Waals surface area contributed by atoms with Crippen molar-refractivity contribution in [2.24, 2.45) is 0 Å². The fourth-order valence-corrected chi connectivity index (χ4v) is 6.16. The summed E-state index contributed by atoms with van der Waals surface area (Å²) in [4.78, 5) is 24.8. The number of nitrogens with zero attached hydrogens (tertiary/aromatic N) is 3. The first-order valence-electron chi connectivity index (χ1n) is 11.4. The lowest BCUT2D eigenvalue weighted by Crippen LogP contribution is -2.27. The van der Waals surface area contributed by atoms with Gasteiger partial charge in [0.25, 0.3) is 5.56 Å². The average Bonchev–Trinajstić information content (AvgIpc) is 3.25. The maximum Gasteiger partial charge on any atom is 0.262 e. The standard InChI is InChI=1S/C27H24N4O2S/c1-33-22-10-3-2-9-21(22)30-19-11-12-20-23(14-19)34-26-24(20)27(32)31(16-29-26)15-18-7-4-6-17-8-5-13-28-25(17)18/h2-10,13,16,19,30H,11-12,14-15H2,1H3. The van der Waals surface area contributed by atoms with Crippen molar-refractivity contribution in [1.29, 1.82) is 0 Å². The van der Waals surface area contributed by atoms with Crippen LogP contribution in [0.1, 0.15) is 22.4 Å². The number of aromatic nitrogens is 3. The summed E-state index contributed by atoms with van der Waals surface area (Å²) < 4.78 is 7.21. The average molecular weight is 469 g/mol. The molecule has 1 aliphatic rings. The van der Waals surface area contributed by atoms with Crippen molar-refractivity contribution in [3.8, 4) is 5.75 Å². The Labute approximate surface area is 200 Å². The molecule has 0 saturated carbocycles. The number of nitrogens with one attached hydrogen (secondary N) is 1. The molecule has 0 aliphatic heterocycles. The molecule has 1 aliphatic carbocycles. The van der Waals surface area contributed by atoms with Gasteiger partial charge in [0, 0.05) is 28.9 Å². The van der Waals surface area contributed by atoms with Gasteiger partial charge in [-0.25, -0.2) is 4.98 Å². The molecule has 0 spiro atoms. The molecule has 6 rings (SSSR count). The number of methoxy groups -OCH3 is 1. The minimum Gasteiger partial charge on any atom is -0.495 e. The van der Waals surface area contributed by atoms with E-state index < -0.39 is 0 Å². The fourth-order valence-electron chi connectivity index (χ4n) is 4.90. The lowest BCUT2D eigenvalue weighted by molar-refractivity contribution is 0.415. The molecule has 7 heteroatoms. The first-order valence-corrected chi connectivity index (χ1v) is 12.2. The van der Waals surface area contributed by atoms with Gasteiger partial charge in [-0.2, -0.15) is 0 Å². The molecule has 1 unspecified atom stereocenters. The summed E-state index contributed by atoms with van der Waals surface area (Å²) in [5.41, 5.74) is 4.15. The van der Waals surface area contributed by atoms with E-state index in [0.717, 1.165) is 57.4 Å². The van der Waals surface area contributed by atoms with Gasteiger partial charge in [-0.3, -0.25) is 14.3 Å². The number of benzene rings is 2. The van der Waals surface area contributed by atoms with Gasteiger partial charge in [0.1, 0.15) is 10.6 Å². The van der Waals surface area contributed by atoms with Crippen LogP contribution in [-0.2, 0) is 19.4 Å². The highest BCUT2D eigenvalue weighted by atomic mass is 32.1. The number of anilines is 1. The van der Waals surface area contributed by atoms with E-state index in [2.05, 4.69) is 15.3 Å². The van der Waals surface area contributed by atoms with E-state index in [9.17, 15) is 4.79 Å². The molecule has 0 fully saturated rings. The molecule has 5 aromatic rings. The number of ether oxygens (including phenoxy) is 1. The molecular formula is C27H24N4O2S. The zero-order valence-electron chi connectivity index (χ0n) is 18.8. The second-order valence-corrected chi connectivity index (χ2v) is 9.72. The maximum atomic E-state index is 13.5. The van der Waals surface area contributed by atoms with Crippen molar-refractivity contribution < 1.29 is 4.74 Å². The van der Waals surface area contributed by atoms with Gasteiger partial charge in [-0.05, 0) is 42.2 Å². The number of para-hydroxylation sites is 3. The topological polar surface area (TPSA) is 69.0 Å². The van der Waals surface area contributed by atoms with Crippen molar-refractivity contribution in [2.45, 2.75) is 31.8 Å². The number of thiophene rings is 1. The van der Waals surface area contributed by atoms with E-state index in [0.29, 0.717) is 12.6 Å². The van der Waals surface area contributed by atoms with Gasteiger partial charge in [0.2, 0.25) is 0 Å². The predicted octanol–water partition coefficient (Wildman–Crippen LogP) is 5.03. The molecule has 1 N–H and O–H groups in total.